The van der Waals surface area contributed by atoms with Gasteiger partial charge < -0.3 is 26.6 Å². The molecule has 0 radical (unpaired) electrons. The molecule has 3 rings (SSSR count). The zero-order valence-corrected chi connectivity index (χ0v) is 14.3. The lowest BCUT2D eigenvalue weighted by molar-refractivity contribution is -0.547. The van der Waals surface area contributed by atoms with Gasteiger partial charge in [-0.2, -0.15) is 5.10 Å². The summed E-state index contributed by atoms with van der Waals surface area (Å²) < 4.78 is 8.98. The molecule has 26 heavy (non-hydrogen) atoms. The fourth-order valence-electron chi connectivity index (χ4n) is 2.75. The second kappa shape index (κ2) is 7.93. The first-order valence-corrected chi connectivity index (χ1v) is 8.25. The Morgan fingerprint density at radius 2 is 2.19 bits per heavy atom. The molecule has 0 spiro atoms. The Bertz CT molecular complexity index is 812. The number of ether oxygens (including phenoxy) is 1. The van der Waals surface area contributed by atoms with Crippen LogP contribution in [0.3, 0.4) is 0 Å². The topological polar surface area (TPSA) is 144 Å². The van der Waals surface area contributed by atoms with Crippen molar-refractivity contribution >= 4 is 29.0 Å². The van der Waals surface area contributed by atoms with Gasteiger partial charge in [-0.3, -0.25) is 0 Å². The lowest BCUT2D eigenvalue weighted by Gasteiger charge is -2.16. The minimum absolute atomic E-state index is 0.0754. The lowest BCUT2D eigenvalue weighted by Crippen LogP contribution is -2.36. The molecule has 2 heterocycles. The molecular weight excluding hydrogens is 338 g/mol. The largest absolute Gasteiger partial charge is 0.394 e. The van der Waals surface area contributed by atoms with E-state index in [0.717, 1.165) is 18.8 Å². The van der Waals surface area contributed by atoms with E-state index < -0.39 is 6.03 Å². The zero-order chi connectivity index (χ0) is 18.5. The van der Waals surface area contributed by atoms with Gasteiger partial charge in [-0.05, 0) is 6.08 Å². The van der Waals surface area contributed by atoms with Crippen LogP contribution in [0.2, 0.25) is 0 Å². The highest BCUT2D eigenvalue weighted by Gasteiger charge is 2.21. The van der Waals surface area contributed by atoms with Crippen molar-refractivity contribution in [3.8, 4) is 0 Å². The Kier molecular flexibility index (Phi) is 5.44. The molecule has 1 aromatic heterocycles. The summed E-state index contributed by atoms with van der Waals surface area (Å²) in [4.78, 5) is 15.9. The van der Waals surface area contributed by atoms with Gasteiger partial charge in [0, 0.05) is 12.2 Å². The highest BCUT2D eigenvalue weighted by atomic mass is 16.5. The monoisotopic (exact) mass is 360 g/mol. The highest BCUT2D eigenvalue weighted by Crippen LogP contribution is 2.23. The smallest absolute Gasteiger partial charge is 0.316 e. The average molecular weight is 360 g/mol. The second-order valence-electron chi connectivity index (χ2n) is 5.76. The molecule has 0 atom stereocenters. The van der Waals surface area contributed by atoms with Crippen molar-refractivity contribution < 1.29 is 19.2 Å². The van der Waals surface area contributed by atoms with Gasteiger partial charge in [-0.1, -0.05) is 0 Å². The number of amides is 2. The number of nitrogens with two attached hydrogens (primary N) is 2. The van der Waals surface area contributed by atoms with E-state index in [2.05, 4.69) is 20.0 Å². The molecule has 138 valence electrons. The van der Waals surface area contributed by atoms with Gasteiger partial charge in [0.2, 0.25) is 5.71 Å². The maximum absolute atomic E-state index is 11.4. The number of anilines is 1. The normalized spacial score (nSPS) is 19.0. The van der Waals surface area contributed by atoms with Gasteiger partial charge in [0.15, 0.2) is 13.1 Å². The molecule has 2 aliphatic rings. The molecule has 1 fully saturated rings. The van der Waals surface area contributed by atoms with Crippen LogP contribution in [-0.4, -0.2) is 69.8 Å². The Morgan fingerprint density at radius 3 is 2.88 bits per heavy atom. The van der Waals surface area contributed by atoms with Gasteiger partial charge in [-0.25, -0.2) is 19.0 Å². The van der Waals surface area contributed by atoms with Crippen LogP contribution in [0.5, 0.6) is 0 Å². The van der Waals surface area contributed by atoms with E-state index in [1.165, 1.54) is 10.9 Å². The van der Waals surface area contributed by atoms with Crippen LogP contribution >= 0.6 is 0 Å². The Labute approximate surface area is 150 Å². The van der Waals surface area contributed by atoms with Crippen LogP contribution in [0.15, 0.2) is 35.1 Å². The molecule has 1 aliphatic carbocycles. The van der Waals surface area contributed by atoms with E-state index >= 15 is 0 Å². The van der Waals surface area contributed by atoms with E-state index in [0.29, 0.717) is 36.1 Å². The number of hydrogen-bond acceptors (Lipinski definition) is 6. The first kappa shape index (κ1) is 17.8. The summed E-state index contributed by atoms with van der Waals surface area (Å²) in [6.45, 7) is 3.06. The number of aliphatic imine (C=N–C) groups is 1. The number of nitrogens with one attached hydrogen (secondary N) is 1. The first-order valence-electron chi connectivity index (χ1n) is 8.25. The van der Waals surface area contributed by atoms with Crippen LogP contribution in [0.25, 0.3) is 0 Å². The third-order valence-electron chi connectivity index (χ3n) is 4.03. The number of aromatic nitrogens is 2. The number of allylic oxidation sites excluding steroid dienone is 3. The Hall–Kier alpha value is -2.98. The summed E-state index contributed by atoms with van der Waals surface area (Å²) in [6, 6.07) is -0.676. The quantitative estimate of drug-likeness (QED) is 0.408. The SMILES string of the molecule is NC(=O)NC1=CC(=[N+]2CCOCC2)C=C/C1=N/c1cnn(CCO)c1N. The number of aliphatic hydroxyl groups excluding tert-OH is 1. The van der Waals surface area contributed by atoms with E-state index in [-0.39, 0.29) is 13.2 Å². The Morgan fingerprint density at radius 1 is 1.42 bits per heavy atom. The van der Waals surface area contributed by atoms with Gasteiger partial charge in [0.25, 0.3) is 0 Å². The van der Waals surface area contributed by atoms with Crippen molar-refractivity contribution in [1.82, 2.24) is 15.1 Å². The Balaban J connectivity index is 1.94. The van der Waals surface area contributed by atoms with Crippen molar-refractivity contribution in [3.05, 3.63) is 30.1 Å². The van der Waals surface area contributed by atoms with Gasteiger partial charge >= 0.3 is 6.03 Å². The van der Waals surface area contributed by atoms with Crippen molar-refractivity contribution in [3.63, 3.8) is 0 Å². The summed E-state index contributed by atoms with van der Waals surface area (Å²) in [5, 5.41) is 15.7. The number of primary amides is 1. The zero-order valence-electron chi connectivity index (χ0n) is 14.3. The standard InChI is InChI=1S/C16H21N7O3/c17-15-14(10-19-23(15)3-6-24)20-12-2-1-11(9-13(12)21-16(18)25)22-4-7-26-8-5-22/h1-2,9-10,24H,3-8H2,(H4,17,18,19,21,25)/p+1. The molecular formula is C16H22N7O3+. The molecule has 0 bridgehead atoms. The summed E-state index contributed by atoms with van der Waals surface area (Å²) in [5.74, 6) is 0.335. The number of nitrogens with zero attached hydrogens (tertiary/aromatic N) is 4. The van der Waals surface area contributed by atoms with Gasteiger partial charge in [0.1, 0.15) is 24.7 Å². The summed E-state index contributed by atoms with van der Waals surface area (Å²) >= 11 is 0. The summed E-state index contributed by atoms with van der Waals surface area (Å²) in [5.41, 5.74) is 13.7. The van der Waals surface area contributed by atoms with Crippen molar-refractivity contribution in [2.24, 2.45) is 10.7 Å². The molecule has 1 aliphatic heterocycles. The molecule has 10 heteroatoms. The average Bonchev–Trinajstić information content (AvgIpc) is 2.97. The number of morpholine rings is 1. The van der Waals surface area contributed by atoms with Crippen LogP contribution in [0.4, 0.5) is 16.3 Å². The van der Waals surface area contributed by atoms with E-state index in [1.807, 2.05) is 12.2 Å². The van der Waals surface area contributed by atoms with Gasteiger partial charge in [-0.15, -0.1) is 0 Å². The maximum atomic E-state index is 11.4. The minimum atomic E-state index is -0.676. The van der Waals surface area contributed by atoms with E-state index in [1.54, 1.807) is 6.08 Å². The van der Waals surface area contributed by atoms with Crippen LogP contribution in [0, 0.1) is 0 Å². The number of carbonyl (C=O) groups is 1. The fourth-order valence-corrected chi connectivity index (χ4v) is 2.75. The molecule has 0 aromatic carbocycles. The van der Waals surface area contributed by atoms with Crippen molar-refractivity contribution in [1.29, 1.82) is 0 Å². The van der Waals surface area contributed by atoms with Gasteiger partial charge in [0.05, 0.1) is 30.8 Å². The van der Waals surface area contributed by atoms with Crippen LogP contribution in [-0.2, 0) is 11.3 Å². The van der Waals surface area contributed by atoms with E-state index in [9.17, 15) is 4.79 Å². The second-order valence-corrected chi connectivity index (χ2v) is 5.76. The third kappa shape index (κ3) is 3.98. The maximum Gasteiger partial charge on any atom is 0.316 e. The van der Waals surface area contributed by atoms with E-state index in [4.69, 9.17) is 21.3 Å². The number of urea groups is 1. The molecule has 2 amide bonds. The number of nitrogen functional groups attached to an aromatic ring is 1. The van der Waals surface area contributed by atoms with Crippen LogP contribution < -0.4 is 16.8 Å². The fraction of sp³-hybridized carbons (Fsp3) is 0.375. The molecule has 10 nitrogen and oxygen atoms in total. The number of carbonyl (C=O) groups excluding carboxylic acids is 1. The van der Waals surface area contributed by atoms with Crippen LogP contribution in [0.1, 0.15) is 0 Å². The molecule has 1 aromatic rings. The van der Waals surface area contributed by atoms with Crippen molar-refractivity contribution in [2.45, 2.75) is 6.54 Å². The number of aliphatic hydroxyl groups is 1. The molecule has 0 unspecified atom stereocenters. The predicted octanol–water partition coefficient (Wildman–Crippen LogP) is -0.864. The highest BCUT2D eigenvalue weighted by molar-refractivity contribution is 6.21. The lowest BCUT2D eigenvalue weighted by atomic mass is 10.1. The third-order valence-corrected chi connectivity index (χ3v) is 4.03. The first-order chi connectivity index (χ1) is 12.6. The summed E-state index contributed by atoms with van der Waals surface area (Å²) in [6.07, 6.45) is 7.04. The number of rotatable bonds is 4. The molecule has 0 saturated carbocycles. The molecule has 6 N–H and O–H groups in total. The predicted molar refractivity (Wildman–Crippen MR) is 96.6 cm³/mol. The summed E-state index contributed by atoms with van der Waals surface area (Å²) in [7, 11) is 0. The number of hydrogen-bond donors (Lipinski definition) is 4. The molecule has 1 saturated heterocycles. The van der Waals surface area contributed by atoms with Crippen molar-refractivity contribution in [2.75, 3.05) is 38.6 Å². The minimum Gasteiger partial charge on any atom is -0.394 e.